The van der Waals surface area contributed by atoms with Crippen LogP contribution in [0.15, 0.2) is 54.6 Å². The van der Waals surface area contributed by atoms with E-state index in [1.165, 1.54) is 19.8 Å². The SMILES string of the molecule is COC(=O)C(C(=O)OC)C(/C=C/c1ccc(C)cc1)c1ccc(C)cc1. The van der Waals surface area contributed by atoms with E-state index in [0.29, 0.717) is 0 Å². The summed E-state index contributed by atoms with van der Waals surface area (Å²) in [6.45, 7) is 4.01. The van der Waals surface area contributed by atoms with E-state index in [1.807, 2.05) is 74.5 Å². The summed E-state index contributed by atoms with van der Waals surface area (Å²) in [5.41, 5.74) is 4.10. The third kappa shape index (κ3) is 4.82. The number of allylic oxidation sites excluding steroid dienone is 1. The molecule has 26 heavy (non-hydrogen) atoms. The number of hydrogen-bond acceptors (Lipinski definition) is 4. The highest BCUT2D eigenvalue weighted by atomic mass is 16.5. The Kier molecular flexibility index (Phi) is 6.73. The standard InChI is InChI=1S/C22H24O4/c1-15-5-9-17(10-6-15)11-14-19(18-12-7-16(2)8-13-18)20(21(23)25-3)22(24)26-4/h5-14,19-20H,1-4H3/b14-11+. The van der Waals surface area contributed by atoms with Crippen LogP contribution in [0, 0.1) is 19.8 Å². The molecule has 136 valence electrons. The number of aryl methyl sites for hydroxylation is 2. The van der Waals surface area contributed by atoms with Crippen LogP contribution in [0.3, 0.4) is 0 Å². The van der Waals surface area contributed by atoms with Crippen molar-refractivity contribution < 1.29 is 19.1 Å². The van der Waals surface area contributed by atoms with Gasteiger partial charge >= 0.3 is 11.9 Å². The summed E-state index contributed by atoms with van der Waals surface area (Å²) in [6, 6.07) is 15.7. The molecule has 0 N–H and O–H groups in total. The molecule has 2 aromatic rings. The molecule has 0 fully saturated rings. The quantitative estimate of drug-likeness (QED) is 0.581. The summed E-state index contributed by atoms with van der Waals surface area (Å²) in [7, 11) is 2.54. The Hall–Kier alpha value is -2.88. The van der Waals surface area contributed by atoms with Gasteiger partial charge in [0.2, 0.25) is 0 Å². The highest BCUT2D eigenvalue weighted by Crippen LogP contribution is 2.30. The summed E-state index contributed by atoms with van der Waals surface area (Å²) in [4.78, 5) is 24.6. The second-order valence-electron chi connectivity index (χ2n) is 6.23. The number of hydrogen-bond donors (Lipinski definition) is 0. The Morgan fingerprint density at radius 3 is 1.73 bits per heavy atom. The largest absolute Gasteiger partial charge is 0.468 e. The predicted molar refractivity (Wildman–Crippen MR) is 102 cm³/mol. The van der Waals surface area contributed by atoms with Gasteiger partial charge in [-0.05, 0) is 25.0 Å². The molecule has 0 aliphatic carbocycles. The van der Waals surface area contributed by atoms with E-state index < -0.39 is 23.8 Å². The molecule has 0 heterocycles. The van der Waals surface area contributed by atoms with Crippen LogP contribution in [0.4, 0.5) is 0 Å². The summed E-state index contributed by atoms with van der Waals surface area (Å²) in [5.74, 6) is -2.78. The van der Waals surface area contributed by atoms with Gasteiger partial charge in [-0.1, -0.05) is 71.8 Å². The molecular weight excluding hydrogens is 328 g/mol. The van der Waals surface area contributed by atoms with Crippen molar-refractivity contribution in [2.75, 3.05) is 14.2 Å². The van der Waals surface area contributed by atoms with Crippen LogP contribution in [0.1, 0.15) is 28.2 Å². The lowest BCUT2D eigenvalue weighted by Crippen LogP contribution is -2.31. The first kappa shape index (κ1) is 19.4. The molecular formula is C22H24O4. The predicted octanol–water partition coefficient (Wildman–Crippen LogP) is 4.06. The molecule has 2 aromatic carbocycles. The topological polar surface area (TPSA) is 52.6 Å². The fourth-order valence-corrected chi connectivity index (χ4v) is 2.74. The van der Waals surface area contributed by atoms with Crippen LogP contribution in [0.25, 0.3) is 6.08 Å². The van der Waals surface area contributed by atoms with E-state index in [2.05, 4.69) is 0 Å². The maximum Gasteiger partial charge on any atom is 0.321 e. The number of carbonyl (C=O) groups is 2. The molecule has 0 bridgehead atoms. The number of methoxy groups -OCH3 is 2. The summed E-state index contributed by atoms with van der Waals surface area (Å²) in [5, 5.41) is 0. The fraction of sp³-hybridized carbons (Fsp3) is 0.273. The molecule has 1 unspecified atom stereocenters. The first-order valence-corrected chi connectivity index (χ1v) is 8.43. The molecule has 0 radical (unpaired) electrons. The number of esters is 2. The second kappa shape index (κ2) is 8.99. The van der Waals surface area contributed by atoms with Gasteiger partial charge in [0, 0.05) is 5.92 Å². The molecule has 0 aromatic heterocycles. The van der Waals surface area contributed by atoms with E-state index in [1.54, 1.807) is 0 Å². The van der Waals surface area contributed by atoms with Crippen molar-refractivity contribution >= 4 is 18.0 Å². The van der Waals surface area contributed by atoms with Crippen LogP contribution >= 0.6 is 0 Å². The lowest BCUT2D eigenvalue weighted by atomic mass is 9.84. The minimum atomic E-state index is -1.06. The normalized spacial score (nSPS) is 12.2. The average Bonchev–Trinajstić information content (AvgIpc) is 2.66. The Morgan fingerprint density at radius 1 is 0.808 bits per heavy atom. The number of benzene rings is 2. The molecule has 0 saturated heterocycles. The maximum atomic E-state index is 12.3. The first-order chi connectivity index (χ1) is 12.5. The van der Waals surface area contributed by atoms with E-state index in [4.69, 9.17) is 9.47 Å². The second-order valence-corrected chi connectivity index (χ2v) is 6.23. The van der Waals surface area contributed by atoms with Gasteiger partial charge in [0.15, 0.2) is 5.92 Å². The number of ether oxygens (including phenoxy) is 2. The molecule has 4 nitrogen and oxygen atoms in total. The zero-order chi connectivity index (χ0) is 19.1. The number of rotatable bonds is 6. The van der Waals surface area contributed by atoms with Crippen LogP contribution in [-0.2, 0) is 19.1 Å². The van der Waals surface area contributed by atoms with Gasteiger partial charge in [-0.3, -0.25) is 9.59 Å². The van der Waals surface area contributed by atoms with Crippen molar-refractivity contribution in [2.24, 2.45) is 5.92 Å². The van der Waals surface area contributed by atoms with Crippen LogP contribution in [0.2, 0.25) is 0 Å². The minimum Gasteiger partial charge on any atom is -0.468 e. The monoisotopic (exact) mass is 352 g/mol. The van der Waals surface area contributed by atoms with Crippen LogP contribution in [0.5, 0.6) is 0 Å². The van der Waals surface area contributed by atoms with Gasteiger partial charge in [-0.25, -0.2) is 0 Å². The third-order valence-corrected chi connectivity index (χ3v) is 4.30. The van der Waals surface area contributed by atoms with E-state index >= 15 is 0 Å². The average molecular weight is 352 g/mol. The fourth-order valence-electron chi connectivity index (χ4n) is 2.74. The zero-order valence-corrected chi connectivity index (χ0v) is 15.6. The highest BCUT2D eigenvalue weighted by Gasteiger charge is 2.36. The van der Waals surface area contributed by atoms with Gasteiger partial charge in [0.1, 0.15) is 0 Å². The van der Waals surface area contributed by atoms with Crippen molar-refractivity contribution in [2.45, 2.75) is 19.8 Å². The van der Waals surface area contributed by atoms with Crippen molar-refractivity contribution in [1.82, 2.24) is 0 Å². The van der Waals surface area contributed by atoms with E-state index in [0.717, 1.165) is 16.7 Å². The van der Waals surface area contributed by atoms with Gasteiger partial charge in [0.25, 0.3) is 0 Å². The van der Waals surface area contributed by atoms with Crippen LogP contribution < -0.4 is 0 Å². The summed E-state index contributed by atoms with van der Waals surface area (Å²) in [6.07, 6.45) is 3.76. The van der Waals surface area contributed by atoms with Crippen molar-refractivity contribution in [3.8, 4) is 0 Å². The van der Waals surface area contributed by atoms with Crippen molar-refractivity contribution in [3.63, 3.8) is 0 Å². The Balaban J connectivity index is 2.46. The minimum absolute atomic E-state index is 0.489. The van der Waals surface area contributed by atoms with Crippen LogP contribution in [-0.4, -0.2) is 26.2 Å². The molecule has 1 atom stereocenters. The van der Waals surface area contributed by atoms with Gasteiger partial charge < -0.3 is 9.47 Å². The smallest absolute Gasteiger partial charge is 0.321 e. The van der Waals surface area contributed by atoms with Crippen molar-refractivity contribution in [3.05, 3.63) is 76.9 Å². The molecule has 4 heteroatoms. The maximum absolute atomic E-state index is 12.3. The molecule has 0 amide bonds. The van der Waals surface area contributed by atoms with Gasteiger partial charge in [-0.15, -0.1) is 0 Å². The lowest BCUT2D eigenvalue weighted by molar-refractivity contribution is -0.159. The summed E-state index contributed by atoms with van der Waals surface area (Å²) >= 11 is 0. The Bertz CT molecular complexity index is 757. The Morgan fingerprint density at radius 2 is 1.27 bits per heavy atom. The molecule has 0 aliphatic rings. The zero-order valence-electron chi connectivity index (χ0n) is 15.6. The van der Waals surface area contributed by atoms with E-state index in [9.17, 15) is 9.59 Å². The molecule has 0 aliphatic heterocycles. The van der Waals surface area contributed by atoms with Gasteiger partial charge in [-0.2, -0.15) is 0 Å². The lowest BCUT2D eigenvalue weighted by Gasteiger charge is -2.21. The first-order valence-electron chi connectivity index (χ1n) is 8.43. The molecule has 2 rings (SSSR count). The third-order valence-electron chi connectivity index (χ3n) is 4.30. The van der Waals surface area contributed by atoms with E-state index in [-0.39, 0.29) is 0 Å². The highest BCUT2D eigenvalue weighted by molar-refractivity contribution is 5.96. The summed E-state index contributed by atoms with van der Waals surface area (Å²) < 4.78 is 9.71. The molecule has 0 saturated carbocycles. The van der Waals surface area contributed by atoms with Crippen molar-refractivity contribution in [1.29, 1.82) is 0 Å². The number of carbonyl (C=O) groups excluding carboxylic acids is 2. The Labute approximate surface area is 154 Å². The van der Waals surface area contributed by atoms with Gasteiger partial charge in [0.05, 0.1) is 14.2 Å². The molecule has 0 spiro atoms.